The van der Waals surface area contributed by atoms with E-state index >= 15 is 0 Å². The van der Waals surface area contributed by atoms with Crippen LogP contribution in [0.5, 0.6) is 0 Å². The number of hydrogen-bond acceptors (Lipinski definition) is 4. The van der Waals surface area contributed by atoms with Crippen LogP contribution in [0, 0.1) is 0 Å². The Morgan fingerprint density at radius 1 is 1.10 bits per heavy atom. The summed E-state index contributed by atoms with van der Waals surface area (Å²) < 4.78 is 0. The Balaban J connectivity index is 2.05. The molecule has 1 aliphatic rings. The van der Waals surface area contributed by atoms with Gasteiger partial charge in [0, 0.05) is 55.2 Å². The van der Waals surface area contributed by atoms with Crippen LogP contribution in [-0.4, -0.2) is 52.9 Å². The topological polar surface area (TPSA) is 62.5 Å². The fourth-order valence-corrected chi connectivity index (χ4v) is 4.14. The fourth-order valence-electron chi connectivity index (χ4n) is 4.02. The van der Waals surface area contributed by atoms with E-state index in [0.29, 0.717) is 22.7 Å². The molecule has 1 amide bonds. The molecule has 0 atom stereocenters. The van der Waals surface area contributed by atoms with Gasteiger partial charge in [-0.05, 0) is 56.5 Å². The molecule has 6 heteroatoms. The van der Waals surface area contributed by atoms with Crippen LogP contribution >= 0.6 is 11.6 Å². The van der Waals surface area contributed by atoms with Gasteiger partial charge >= 0.3 is 0 Å². The van der Waals surface area contributed by atoms with Gasteiger partial charge in [0.15, 0.2) is 0 Å². The number of benzene rings is 1. The van der Waals surface area contributed by atoms with Crippen molar-refractivity contribution in [2.24, 2.45) is 5.73 Å². The van der Waals surface area contributed by atoms with E-state index in [-0.39, 0.29) is 0 Å². The zero-order valence-electron chi connectivity index (χ0n) is 17.3. The van der Waals surface area contributed by atoms with Crippen molar-refractivity contribution in [3.8, 4) is 0 Å². The minimum atomic E-state index is -0.453. The van der Waals surface area contributed by atoms with Gasteiger partial charge in [-0.3, -0.25) is 9.78 Å². The highest BCUT2D eigenvalue weighted by atomic mass is 35.5. The molecule has 1 aromatic carbocycles. The highest BCUT2D eigenvalue weighted by Gasteiger charge is 2.28. The molecular weight excluding hydrogens is 384 g/mol. The van der Waals surface area contributed by atoms with E-state index in [1.165, 1.54) is 0 Å². The van der Waals surface area contributed by atoms with Gasteiger partial charge in [0.1, 0.15) is 0 Å². The molecule has 1 aliphatic heterocycles. The average molecular weight is 413 g/mol. The summed E-state index contributed by atoms with van der Waals surface area (Å²) in [6.07, 6.45) is 5.56. The summed E-state index contributed by atoms with van der Waals surface area (Å²) in [5, 5.41) is 0.623. The number of pyridine rings is 1. The van der Waals surface area contributed by atoms with E-state index < -0.39 is 5.91 Å². The number of amides is 1. The van der Waals surface area contributed by atoms with Crippen molar-refractivity contribution in [3.05, 3.63) is 64.9 Å². The summed E-state index contributed by atoms with van der Waals surface area (Å²) >= 11 is 6.06. The molecule has 3 rings (SSSR count). The molecular formula is C23H29ClN4O. The molecule has 5 nitrogen and oxygen atoms in total. The first-order valence-electron chi connectivity index (χ1n) is 10.1. The van der Waals surface area contributed by atoms with Crippen molar-refractivity contribution in [2.75, 3.05) is 20.1 Å². The molecule has 0 radical (unpaired) electrons. The number of nitrogens with zero attached hydrogens (tertiary/aromatic N) is 3. The maximum atomic E-state index is 12.6. The third kappa shape index (κ3) is 4.98. The highest BCUT2D eigenvalue weighted by Crippen LogP contribution is 2.32. The summed E-state index contributed by atoms with van der Waals surface area (Å²) in [5.41, 5.74) is 8.93. The number of aromatic nitrogens is 1. The van der Waals surface area contributed by atoms with E-state index in [1.807, 2.05) is 24.3 Å². The number of nitrogens with two attached hydrogens (primary N) is 1. The lowest BCUT2D eigenvalue weighted by molar-refractivity contribution is -0.112. The molecule has 0 aliphatic carbocycles. The minimum absolute atomic E-state index is 0.329. The van der Waals surface area contributed by atoms with Gasteiger partial charge < -0.3 is 15.5 Å². The van der Waals surface area contributed by atoms with Gasteiger partial charge in [0.25, 0.3) is 5.91 Å². The predicted molar refractivity (Wildman–Crippen MR) is 119 cm³/mol. The molecule has 0 saturated carbocycles. The Labute approximate surface area is 178 Å². The number of carbonyl (C=O) groups is 1. The van der Waals surface area contributed by atoms with Crippen LogP contribution in [0.25, 0.3) is 11.3 Å². The van der Waals surface area contributed by atoms with Crippen molar-refractivity contribution in [1.29, 1.82) is 0 Å². The van der Waals surface area contributed by atoms with Crippen molar-refractivity contribution < 1.29 is 4.79 Å². The molecule has 2 heterocycles. The van der Waals surface area contributed by atoms with E-state index in [9.17, 15) is 4.79 Å². The van der Waals surface area contributed by atoms with E-state index in [1.54, 1.807) is 24.5 Å². The lowest BCUT2D eigenvalue weighted by Gasteiger charge is -2.40. The number of carbonyl (C=O) groups excluding carboxylic acids is 1. The Morgan fingerprint density at radius 2 is 1.69 bits per heavy atom. The van der Waals surface area contributed by atoms with E-state index in [4.69, 9.17) is 17.3 Å². The van der Waals surface area contributed by atoms with Gasteiger partial charge in [0.2, 0.25) is 0 Å². The fraction of sp³-hybridized carbons (Fsp3) is 0.391. The van der Waals surface area contributed by atoms with Crippen LogP contribution in [0.2, 0.25) is 5.02 Å². The number of piperidine rings is 1. The Kier molecular flexibility index (Phi) is 6.93. The monoisotopic (exact) mass is 412 g/mol. The molecule has 2 aromatic rings. The van der Waals surface area contributed by atoms with Gasteiger partial charge in [-0.15, -0.1) is 0 Å². The Morgan fingerprint density at radius 3 is 2.21 bits per heavy atom. The summed E-state index contributed by atoms with van der Waals surface area (Å²) in [5.74, 6) is -0.453. The second-order valence-corrected chi connectivity index (χ2v) is 8.24. The second kappa shape index (κ2) is 9.42. The van der Waals surface area contributed by atoms with Crippen molar-refractivity contribution in [2.45, 2.75) is 38.8 Å². The molecule has 1 aromatic heterocycles. The van der Waals surface area contributed by atoms with E-state index in [0.717, 1.165) is 42.8 Å². The maximum Gasteiger partial charge on any atom is 0.251 e. The predicted octanol–water partition coefficient (Wildman–Crippen LogP) is 3.89. The summed E-state index contributed by atoms with van der Waals surface area (Å²) in [4.78, 5) is 21.5. The van der Waals surface area contributed by atoms with Crippen LogP contribution in [0.15, 0.2) is 48.8 Å². The van der Waals surface area contributed by atoms with Crippen LogP contribution in [0.4, 0.5) is 0 Å². The van der Waals surface area contributed by atoms with Crippen LogP contribution < -0.4 is 5.73 Å². The smallest absolute Gasteiger partial charge is 0.251 e. The van der Waals surface area contributed by atoms with Crippen molar-refractivity contribution in [3.63, 3.8) is 0 Å². The van der Waals surface area contributed by atoms with Gasteiger partial charge in [-0.1, -0.05) is 23.7 Å². The van der Waals surface area contributed by atoms with Crippen molar-refractivity contribution in [1.82, 2.24) is 14.8 Å². The largest absolute Gasteiger partial charge is 0.370 e. The molecule has 0 spiro atoms. The van der Waals surface area contributed by atoms with Gasteiger partial charge in [-0.2, -0.15) is 0 Å². The number of hydrogen-bond donors (Lipinski definition) is 1. The standard InChI is InChI=1S/C23H29ClN4O/c1-16(2)28-14-10-20(11-15-28)27(3)22(18-8-12-26-13-9-18)21(23(25)29)17-4-6-19(24)7-5-17/h4-9,12-13,16,20H,10-11,14-15H2,1-3H3,(H2,25,29)/b22-21-. The first-order valence-corrected chi connectivity index (χ1v) is 10.4. The number of halogens is 1. The third-order valence-corrected chi connectivity index (χ3v) is 5.95. The normalized spacial score (nSPS) is 16.6. The van der Waals surface area contributed by atoms with Gasteiger partial charge in [0.05, 0.1) is 11.3 Å². The van der Waals surface area contributed by atoms with E-state index in [2.05, 4.69) is 35.7 Å². The zero-order chi connectivity index (χ0) is 21.0. The first-order chi connectivity index (χ1) is 13.9. The van der Waals surface area contributed by atoms with Gasteiger partial charge in [-0.25, -0.2) is 0 Å². The van der Waals surface area contributed by atoms with Crippen LogP contribution in [0.1, 0.15) is 37.8 Å². The second-order valence-electron chi connectivity index (χ2n) is 7.80. The molecule has 29 heavy (non-hydrogen) atoms. The molecule has 0 bridgehead atoms. The summed E-state index contributed by atoms with van der Waals surface area (Å²) in [6.45, 7) is 6.56. The number of rotatable bonds is 6. The number of likely N-dealkylation sites (tertiary alicyclic amines) is 1. The molecule has 0 unspecified atom stereocenters. The first kappa shape index (κ1) is 21.3. The Hall–Kier alpha value is -2.37. The lowest BCUT2D eigenvalue weighted by Crippen LogP contribution is -2.45. The lowest BCUT2D eigenvalue weighted by atomic mass is 9.95. The summed E-state index contributed by atoms with van der Waals surface area (Å²) in [6, 6.07) is 12.0. The molecule has 1 saturated heterocycles. The van der Waals surface area contributed by atoms with Crippen molar-refractivity contribution >= 4 is 28.8 Å². The maximum absolute atomic E-state index is 12.6. The highest BCUT2D eigenvalue weighted by molar-refractivity contribution is 6.31. The molecule has 2 N–H and O–H groups in total. The van der Waals surface area contributed by atoms with Crippen LogP contribution in [-0.2, 0) is 4.79 Å². The Bertz CT molecular complexity index is 856. The zero-order valence-corrected chi connectivity index (χ0v) is 18.1. The minimum Gasteiger partial charge on any atom is -0.370 e. The SMILES string of the molecule is CC(C)N1CCC(N(C)/C(=C(\C(N)=O)c2ccc(Cl)cc2)c2ccncc2)CC1. The van der Waals surface area contributed by atoms with Crippen LogP contribution in [0.3, 0.4) is 0 Å². The molecule has 154 valence electrons. The summed E-state index contributed by atoms with van der Waals surface area (Å²) in [7, 11) is 2.06. The molecule has 1 fully saturated rings. The quantitative estimate of drug-likeness (QED) is 0.731. The third-order valence-electron chi connectivity index (χ3n) is 5.70. The number of primary amides is 1. The average Bonchev–Trinajstić information content (AvgIpc) is 2.73.